The van der Waals surface area contributed by atoms with Crippen LogP contribution in [-0.4, -0.2) is 48.4 Å². The zero-order valence-corrected chi connectivity index (χ0v) is 21.5. The van der Waals surface area contributed by atoms with Crippen LogP contribution in [0.1, 0.15) is 30.1 Å². The van der Waals surface area contributed by atoms with E-state index in [9.17, 15) is 18.0 Å². The summed E-state index contributed by atoms with van der Waals surface area (Å²) in [6, 6.07) is 7.23. The number of nitrogens with zero attached hydrogens (tertiary/aromatic N) is 3. The van der Waals surface area contributed by atoms with E-state index in [1.165, 1.54) is 27.8 Å². The summed E-state index contributed by atoms with van der Waals surface area (Å²) in [5, 5.41) is 0. The molecule has 0 spiro atoms. The van der Waals surface area contributed by atoms with E-state index < -0.39 is 27.9 Å². The molecule has 4 rings (SSSR count). The number of amides is 1. The Balaban J connectivity index is 1.72. The summed E-state index contributed by atoms with van der Waals surface area (Å²) in [6.45, 7) is 6.42. The normalized spacial score (nSPS) is 17.4. The van der Waals surface area contributed by atoms with Crippen molar-refractivity contribution < 1.29 is 22.7 Å². The van der Waals surface area contributed by atoms with Crippen molar-refractivity contribution in [2.75, 3.05) is 13.2 Å². The molecule has 3 heterocycles. The second-order valence-electron chi connectivity index (χ2n) is 7.47. The molecule has 8 nitrogen and oxygen atoms in total. The quantitative estimate of drug-likeness (QED) is 0.333. The van der Waals surface area contributed by atoms with Gasteiger partial charge in [-0.15, -0.1) is 17.9 Å². The monoisotopic (exact) mass is 539 g/mol. The molecule has 1 unspecified atom stereocenters. The molecule has 0 bridgehead atoms. The minimum atomic E-state index is -3.85. The Bertz CT molecular complexity index is 1440. The molecule has 3 aromatic rings. The van der Waals surface area contributed by atoms with Crippen LogP contribution in [0.25, 0.3) is 10.2 Å². The van der Waals surface area contributed by atoms with Crippen molar-refractivity contribution in [3.63, 3.8) is 0 Å². The highest BCUT2D eigenvalue weighted by atomic mass is 35.5. The van der Waals surface area contributed by atoms with Crippen LogP contribution >= 0.6 is 34.3 Å². The van der Waals surface area contributed by atoms with Crippen molar-refractivity contribution in [2.45, 2.75) is 36.6 Å². The summed E-state index contributed by atoms with van der Waals surface area (Å²) >= 11 is 8.13. The van der Waals surface area contributed by atoms with Gasteiger partial charge in [0.15, 0.2) is 4.80 Å². The number of thiophene rings is 1. The standard InChI is InChI=1S/C22H22ClN3O5S3/c1-3-11-25-15-8-7-14(21(28)31-4-2)13-17(15)32-22(25)24-20(27)16-6-5-12-26(16)34(29,30)19-10-9-18(23)33-19/h3,7-10,13,16H,1,4-6,11-12H2,2H3. The van der Waals surface area contributed by atoms with E-state index in [1.807, 2.05) is 4.57 Å². The molecule has 180 valence electrons. The lowest BCUT2D eigenvalue weighted by Gasteiger charge is -2.20. The highest BCUT2D eigenvalue weighted by Crippen LogP contribution is 2.32. The van der Waals surface area contributed by atoms with Crippen LogP contribution < -0.4 is 4.80 Å². The molecule has 0 saturated carbocycles. The number of carbonyl (C=O) groups excluding carboxylic acids is 2. The Morgan fingerprint density at radius 3 is 2.76 bits per heavy atom. The van der Waals surface area contributed by atoms with Crippen LogP contribution in [0.3, 0.4) is 0 Å². The minimum Gasteiger partial charge on any atom is -0.462 e. The molecule has 12 heteroatoms. The molecule has 1 amide bonds. The Morgan fingerprint density at radius 2 is 2.09 bits per heavy atom. The number of allylic oxidation sites excluding steroid dienone is 1. The minimum absolute atomic E-state index is 0.104. The fourth-order valence-electron chi connectivity index (χ4n) is 3.80. The van der Waals surface area contributed by atoms with Crippen LogP contribution in [0.5, 0.6) is 0 Å². The maximum atomic E-state index is 13.2. The van der Waals surface area contributed by atoms with E-state index in [0.717, 1.165) is 21.6 Å². The lowest BCUT2D eigenvalue weighted by atomic mass is 10.2. The first-order valence-corrected chi connectivity index (χ1v) is 14.0. The zero-order chi connectivity index (χ0) is 24.5. The van der Waals surface area contributed by atoms with Gasteiger partial charge in [0.2, 0.25) is 0 Å². The van der Waals surface area contributed by atoms with E-state index in [2.05, 4.69) is 11.6 Å². The summed E-state index contributed by atoms with van der Waals surface area (Å²) < 4.78 is 35.5. The SMILES string of the molecule is C=CCn1c(=NC(=O)C2CCCN2S(=O)(=O)c2ccc(Cl)s2)sc2cc(C(=O)OCC)ccc21. The van der Waals surface area contributed by atoms with E-state index in [0.29, 0.717) is 34.1 Å². The highest BCUT2D eigenvalue weighted by molar-refractivity contribution is 7.91. The first kappa shape index (κ1) is 24.8. The zero-order valence-electron chi connectivity index (χ0n) is 18.3. The smallest absolute Gasteiger partial charge is 0.338 e. The van der Waals surface area contributed by atoms with Crippen molar-refractivity contribution in [3.05, 3.63) is 57.7 Å². The third-order valence-electron chi connectivity index (χ3n) is 5.31. The first-order chi connectivity index (χ1) is 16.3. The van der Waals surface area contributed by atoms with Crippen LogP contribution in [0.4, 0.5) is 0 Å². The molecular formula is C22H22ClN3O5S3. The van der Waals surface area contributed by atoms with E-state index in [4.69, 9.17) is 16.3 Å². The van der Waals surface area contributed by atoms with E-state index in [-0.39, 0.29) is 17.4 Å². The molecule has 1 fully saturated rings. The average molecular weight is 540 g/mol. The van der Waals surface area contributed by atoms with Gasteiger partial charge in [0.25, 0.3) is 15.9 Å². The van der Waals surface area contributed by atoms with E-state index >= 15 is 0 Å². The van der Waals surface area contributed by atoms with Crippen LogP contribution in [0, 0.1) is 0 Å². The highest BCUT2D eigenvalue weighted by Gasteiger charge is 2.40. The summed E-state index contributed by atoms with van der Waals surface area (Å²) in [5.41, 5.74) is 1.19. The summed E-state index contributed by atoms with van der Waals surface area (Å²) in [6.07, 6.45) is 2.63. The lowest BCUT2D eigenvalue weighted by molar-refractivity contribution is -0.121. The molecule has 1 saturated heterocycles. The molecular weight excluding hydrogens is 518 g/mol. The lowest BCUT2D eigenvalue weighted by Crippen LogP contribution is -2.40. The van der Waals surface area contributed by atoms with Gasteiger partial charge >= 0.3 is 5.97 Å². The maximum absolute atomic E-state index is 13.2. The number of ether oxygens (including phenoxy) is 1. The van der Waals surface area contributed by atoms with E-state index in [1.54, 1.807) is 31.2 Å². The summed E-state index contributed by atoms with van der Waals surface area (Å²) in [7, 11) is -3.85. The number of esters is 1. The number of thiazole rings is 1. The number of rotatable bonds is 7. The fourth-order valence-corrected chi connectivity index (χ4v) is 8.15. The molecule has 1 aliphatic rings. The average Bonchev–Trinajstić information content (AvgIpc) is 3.53. The summed E-state index contributed by atoms with van der Waals surface area (Å²) in [5.74, 6) is -0.957. The second kappa shape index (κ2) is 10.1. The van der Waals surface area contributed by atoms with Gasteiger partial charge in [0.05, 0.1) is 26.7 Å². The molecule has 1 atom stereocenters. The van der Waals surface area contributed by atoms with Crippen molar-refractivity contribution in [2.24, 2.45) is 4.99 Å². The largest absolute Gasteiger partial charge is 0.462 e. The van der Waals surface area contributed by atoms with Gasteiger partial charge in [0, 0.05) is 13.1 Å². The van der Waals surface area contributed by atoms with Crippen molar-refractivity contribution in [3.8, 4) is 0 Å². The number of halogens is 1. The number of carbonyl (C=O) groups is 2. The Morgan fingerprint density at radius 1 is 1.29 bits per heavy atom. The number of aromatic nitrogens is 1. The molecule has 2 aromatic heterocycles. The van der Waals surface area contributed by atoms with Gasteiger partial charge in [-0.05, 0) is 50.1 Å². The van der Waals surface area contributed by atoms with Crippen LogP contribution in [-0.2, 0) is 26.1 Å². The summed E-state index contributed by atoms with van der Waals surface area (Å²) in [4.78, 5) is 30.0. The second-order valence-corrected chi connectivity index (χ2v) is 12.3. The van der Waals surface area contributed by atoms with Gasteiger partial charge in [0.1, 0.15) is 10.3 Å². The maximum Gasteiger partial charge on any atom is 0.338 e. The first-order valence-electron chi connectivity index (χ1n) is 10.5. The Hall–Kier alpha value is -2.31. The molecule has 0 radical (unpaired) electrons. The third kappa shape index (κ3) is 4.76. The number of fused-ring (bicyclic) bond motifs is 1. The van der Waals surface area contributed by atoms with Crippen molar-refractivity contribution in [1.82, 2.24) is 8.87 Å². The number of hydrogen-bond donors (Lipinski definition) is 0. The predicted molar refractivity (Wildman–Crippen MR) is 133 cm³/mol. The van der Waals surface area contributed by atoms with Gasteiger partial charge < -0.3 is 9.30 Å². The van der Waals surface area contributed by atoms with Crippen molar-refractivity contribution in [1.29, 1.82) is 0 Å². The molecule has 34 heavy (non-hydrogen) atoms. The fraction of sp³-hybridized carbons (Fsp3) is 0.318. The van der Waals surface area contributed by atoms with Gasteiger partial charge in [-0.1, -0.05) is 29.0 Å². The molecule has 0 N–H and O–H groups in total. The van der Waals surface area contributed by atoms with Crippen LogP contribution in [0.2, 0.25) is 4.34 Å². The Labute approximate surface area is 209 Å². The third-order valence-corrected chi connectivity index (χ3v) is 9.96. The number of sulfonamides is 1. The van der Waals surface area contributed by atoms with Crippen LogP contribution in [0.15, 0.2) is 52.2 Å². The number of hydrogen-bond acceptors (Lipinski definition) is 7. The van der Waals surface area contributed by atoms with Gasteiger partial charge in [-0.25, -0.2) is 13.2 Å². The topological polar surface area (TPSA) is 98.0 Å². The molecule has 1 aromatic carbocycles. The Kier molecular flexibility index (Phi) is 7.39. The van der Waals surface area contributed by atoms with Crippen molar-refractivity contribution >= 4 is 66.4 Å². The molecule has 0 aliphatic carbocycles. The molecule has 1 aliphatic heterocycles. The predicted octanol–water partition coefficient (Wildman–Crippen LogP) is 4.06. The number of benzene rings is 1. The van der Waals surface area contributed by atoms with Gasteiger partial charge in [-0.2, -0.15) is 9.30 Å². The van der Waals surface area contributed by atoms with Gasteiger partial charge in [-0.3, -0.25) is 4.79 Å².